The standard InChI is InChI=1S/C15H17IN6O2S/c16-11-5-8(20-25(23,24)9-1-2-9)6-13(11)22-14-10-3-4-17-15(10)18-7-12(14)19-21-22/h3-4,7-9,11,13,20-21H,1-2,5-6H2/t8-,11+,13-/m0/s1. The van der Waals surface area contributed by atoms with Gasteiger partial charge in [-0.25, -0.2) is 28.3 Å². The summed E-state index contributed by atoms with van der Waals surface area (Å²) in [7, 11) is -3.16. The van der Waals surface area contributed by atoms with E-state index >= 15 is 0 Å². The number of hydrogen-bond donors (Lipinski definition) is 2. The second-order valence-electron chi connectivity index (χ2n) is 6.87. The summed E-state index contributed by atoms with van der Waals surface area (Å²) in [5.74, 6) is 0. The van der Waals surface area contributed by atoms with Gasteiger partial charge in [-0.15, -0.1) is 0 Å². The molecule has 25 heavy (non-hydrogen) atoms. The Morgan fingerprint density at radius 3 is 2.92 bits per heavy atom. The molecule has 2 N–H and O–H groups in total. The maximum absolute atomic E-state index is 12.2. The third-order valence-electron chi connectivity index (χ3n) is 5.08. The van der Waals surface area contributed by atoms with Crippen LogP contribution in [0.1, 0.15) is 31.7 Å². The number of rotatable bonds is 4. The number of aromatic amines is 1. The molecular weight excluding hydrogens is 455 g/mol. The second-order valence-corrected chi connectivity index (χ2v) is 10.5. The summed E-state index contributed by atoms with van der Waals surface area (Å²) < 4.78 is 29.8. The molecule has 0 radical (unpaired) electrons. The highest BCUT2D eigenvalue weighted by atomic mass is 127. The Morgan fingerprint density at radius 1 is 1.28 bits per heavy atom. The van der Waals surface area contributed by atoms with Crippen LogP contribution in [0.3, 0.4) is 0 Å². The van der Waals surface area contributed by atoms with Crippen molar-refractivity contribution < 1.29 is 8.42 Å². The number of pyridine rings is 1. The van der Waals surface area contributed by atoms with Gasteiger partial charge in [0.05, 0.1) is 23.0 Å². The maximum atomic E-state index is 12.2. The van der Waals surface area contributed by atoms with E-state index in [0.717, 1.165) is 42.1 Å². The van der Waals surface area contributed by atoms with Crippen molar-refractivity contribution in [3.8, 4) is 0 Å². The summed E-state index contributed by atoms with van der Waals surface area (Å²) in [6.07, 6.45) is 6.61. The Labute approximate surface area is 157 Å². The zero-order chi connectivity index (χ0) is 17.2. The van der Waals surface area contributed by atoms with Gasteiger partial charge >= 0.3 is 0 Å². The fourth-order valence-electron chi connectivity index (χ4n) is 3.70. The van der Waals surface area contributed by atoms with Gasteiger partial charge in [-0.2, -0.15) is 5.10 Å². The second kappa shape index (κ2) is 5.61. The highest BCUT2D eigenvalue weighted by Gasteiger charge is 2.41. The average Bonchev–Trinajstić information content (AvgIpc) is 3.03. The lowest BCUT2D eigenvalue weighted by Crippen LogP contribution is -2.35. The Kier molecular flexibility index (Phi) is 3.58. The highest BCUT2D eigenvalue weighted by molar-refractivity contribution is 14.1. The van der Waals surface area contributed by atoms with Crippen molar-refractivity contribution in [1.29, 1.82) is 0 Å². The predicted molar refractivity (Wildman–Crippen MR) is 102 cm³/mol. The van der Waals surface area contributed by atoms with Crippen LogP contribution in [0.4, 0.5) is 0 Å². The lowest BCUT2D eigenvalue weighted by Gasteiger charge is -2.16. The summed E-state index contributed by atoms with van der Waals surface area (Å²) in [6, 6.07) is 2.07. The van der Waals surface area contributed by atoms with Crippen molar-refractivity contribution >= 4 is 54.7 Å². The van der Waals surface area contributed by atoms with Gasteiger partial charge in [0.1, 0.15) is 5.52 Å². The summed E-state index contributed by atoms with van der Waals surface area (Å²) >= 11 is 2.42. The van der Waals surface area contributed by atoms with Crippen molar-refractivity contribution in [2.45, 2.75) is 46.9 Å². The number of nitrogens with zero attached hydrogens (tertiary/aromatic N) is 4. The van der Waals surface area contributed by atoms with Crippen molar-refractivity contribution in [3.05, 3.63) is 18.5 Å². The Bertz CT molecular complexity index is 1060. The van der Waals surface area contributed by atoms with Gasteiger partial charge in [-0.3, -0.25) is 4.68 Å². The van der Waals surface area contributed by atoms with Crippen LogP contribution < -0.4 is 4.72 Å². The molecule has 3 heterocycles. The molecule has 3 atom stereocenters. The molecule has 10 heteroatoms. The van der Waals surface area contributed by atoms with Crippen LogP contribution in [-0.4, -0.2) is 48.6 Å². The molecule has 2 saturated carbocycles. The maximum Gasteiger partial charge on any atom is 0.214 e. The molecule has 3 aromatic heterocycles. The fraction of sp³-hybridized carbons (Fsp3) is 0.533. The van der Waals surface area contributed by atoms with Crippen LogP contribution >= 0.6 is 22.6 Å². The van der Waals surface area contributed by atoms with Crippen molar-refractivity contribution in [1.82, 2.24) is 29.7 Å². The Hall–Kier alpha value is -1.27. The quantitative estimate of drug-likeness (QED) is 0.446. The van der Waals surface area contributed by atoms with Gasteiger partial charge in [0, 0.05) is 21.5 Å². The number of aromatic nitrogens is 5. The SMILES string of the molecule is O=S(=O)(N[C@H]1C[C@@H](I)[C@@H](n2[nH]nc3cnc4nccc4c32)C1)C1CC1. The molecule has 2 aliphatic rings. The van der Waals surface area contributed by atoms with E-state index in [0.29, 0.717) is 9.57 Å². The molecule has 0 spiro atoms. The van der Waals surface area contributed by atoms with E-state index in [-0.39, 0.29) is 17.3 Å². The van der Waals surface area contributed by atoms with Crippen molar-refractivity contribution in [3.63, 3.8) is 0 Å². The Morgan fingerprint density at radius 2 is 2.12 bits per heavy atom. The topological polar surface area (TPSA) is 106 Å². The zero-order valence-corrected chi connectivity index (χ0v) is 16.2. The molecule has 132 valence electrons. The molecule has 0 saturated heterocycles. The van der Waals surface area contributed by atoms with E-state index < -0.39 is 10.0 Å². The van der Waals surface area contributed by atoms with Gasteiger partial charge < -0.3 is 0 Å². The minimum absolute atomic E-state index is 0.0292. The molecule has 0 amide bonds. The third kappa shape index (κ3) is 2.65. The Balaban J connectivity index is 1.49. The lowest BCUT2D eigenvalue weighted by atomic mass is 10.2. The molecule has 5 rings (SSSR count). The first-order chi connectivity index (χ1) is 12.0. The van der Waals surface area contributed by atoms with Gasteiger partial charge in [0.25, 0.3) is 0 Å². The first kappa shape index (κ1) is 15.9. The van der Waals surface area contributed by atoms with Crippen LogP contribution in [0.2, 0.25) is 0 Å². The molecule has 2 aliphatic carbocycles. The summed E-state index contributed by atoms with van der Waals surface area (Å²) in [6.45, 7) is 0. The molecule has 2 fully saturated rings. The summed E-state index contributed by atoms with van der Waals surface area (Å²) in [5.41, 5.74) is 2.49. The molecule has 3 aromatic rings. The van der Waals surface area contributed by atoms with E-state index in [1.54, 1.807) is 12.4 Å². The first-order valence-corrected chi connectivity index (χ1v) is 11.1. The normalized spacial score (nSPS) is 27.5. The van der Waals surface area contributed by atoms with E-state index in [4.69, 9.17) is 0 Å². The predicted octanol–water partition coefficient (Wildman–Crippen LogP) is 1.90. The van der Waals surface area contributed by atoms with E-state index in [1.165, 1.54) is 0 Å². The molecule has 0 bridgehead atoms. The average molecular weight is 472 g/mol. The fourth-order valence-corrected chi connectivity index (χ4v) is 6.54. The number of H-pyrrole nitrogens is 1. The number of fused-ring (bicyclic) bond motifs is 3. The van der Waals surface area contributed by atoms with Gasteiger partial charge in [0.15, 0.2) is 5.65 Å². The summed E-state index contributed by atoms with van der Waals surface area (Å²) in [5, 5.41) is 8.26. The first-order valence-electron chi connectivity index (χ1n) is 8.34. The molecule has 0 aliphatic heterocycles. The van der Waals surface area contributed by atoms with Crippen LogP contribution in [0.5, 0.6) is 0 Å². The van der Waals surface area contributed by atoms with Crippen molar-refractivity contribution in [2.75, 3.05) is 0 Å². The van der Waals surface area contributed by atoms with Crippen LogP contribution in [0.25, 0.3) is 22.1 Å². The van der Waals surface area contributed by atoms with E-state index in [1.807, 2.05) is 6.07 Å². The number of alkyl halides is 1. The van der Waals surface area contributed by atoms with Crippen molar-refractivity contribution in [2.24, 2.45) is 0 Å². The van der Waals surface area contributed by atoms with E-state index in [2.05, 4.69) is 52.3 Å². The van der Waals surface area contributed by atoms with Gasteiger partial charge in [-0.1, -0.05) is 22.6 Å². The van der Waals surface area contributed by atoms with Gasteiger partial charge in [0.2, 0.25) is 10.0 Å². The lowest BCUT2D eigenvalue weighted by molar-refractivity contribution is 0.466. The van der Waals surface area contributed by atoms with Crippen LogP contribution in [0, 0.1) is 0 Å². The largest absolute Gasteiger partial charge is 0.265 e. The van der Waals surface area contributed by atoms with E-state index in [9.17, 15) is 8.42 Å². The smallest absolute Gasteiger partial charge is 0.214 e. The molecule has 0 aromatic carbocycles. The minimum atomic E-state index is -3.16. The molecule has 8 nitrogen and oxygen atoms in total. The monoisotopic (exact) mass is 472 g/mol. The number of nitrogens with one attached hydrogen (secondary N) is 2. The number of hydrogen-bond acceptors (Lipinski definition) is 5. The molecular formula is C15H17IN6O2S. The highest BCUT2D eigenvalue weighted by Crippen LogP contribution is 2.39. The number of sulfonamides is 1. The zero-order valence-electron chi connectivity index (χ0n) is 13.3. The number of halogens is 1. The molecule has 0 unspecified atom stereocenters. The van der Waals surface area contributed by atoms with Crippen LogP contribution in [0.15, 0.2) is 18.5 Å². The van der Waals surface area contributed by atoms with Gasteiger partial charge in [-0.05, 0) is 31.7 Å². The van der Waals surface area contributed by atoms with Crippen LogP contribution in [-0.2, 0) is 10.0 Å². The minimum Gasteiger partial charge on any atom is -0.265 e. The summed E-state index contributed by atoms with van der Waals surface area (Å²) in [4.78, 5) is 8.58. The third-order valence-corrected chi connectivity index (χ3v) is 8.43.